The van der Waals surface area contributed by atoms with Gasteiger partial charge in [0.05, 0.1) is 6.10 Å². The summed E-state index contributed by atoms with van der Waals surface area (Å²) in [6.45, 7) is 0.270. The van der Waals surface area contributed by atoms with Crippen molar-refractivity contribution in [2.75, 3.05) is 18.9 Å². The third-order valence-electron chi connectivity index (χ3n) is 3.32. The molecule has 0 aliphatic heterocycles. The minimum Gasteiger partial charge on any atom is -0.399 e. The maximum atomic E-state index is 9.84. The fourth-order valence-corrected chi connectivity index (χ4v) is 2.25. The van der Waals surface area contributed by atoms with Gasteiger partial charge < -0.3 is 21.7 Å². The Labute approximate surface area is 118 Å². The molecule has 20 heavy (non-hydrogen) atoms. The molecule has 1 atom stereocenters. The van der Waals surface area contributed by atoms with E-state index < -0.39 is 6.10 Å². The Morgan fingerprint density at radius 2 is 1.90 bits per heavy atom. The SMILES string of the molecule is NC[C@H](O)c1cccc(-c2cc(N)ccc2CCO)c1. The van der Waals surface area contributed by atoms with Crippen molar-refractivity contribution in [2.45, 2.75) is 12.5 Å². The van der Waals surface area contributed by atoms with E-state index in [0.717, 1.165) is 22.3 Å². The highest BCUT2D eigenvalue weighted by Gasteiger charge is 2.09. The van der Waals surface area contributed by atoms with Crippen molar-refractivity contribution in [1.29, 1.82) is 0 Å². The van der Waals surface area contributed by atoms with Gasteiger partial charge in [0.1, 0.15) is 0 Å². The van der Waals surface area contributed by atoms with Crippen LogP contribution in [0.4, 0.5) is 5.69 Å². The molecule has 4 nitrogen and oxygen atoms in total. The molecule has 0 amide bonds. The van der Waals surface area contributed by atoms with Gasteiger partial charge in [-0.3, -0.25) is 0 Å². The zero-order valence-electron chi connectivity index (χ0n) is 11.3. The predicted molar refractivity (Wildman–Crippen MR) is 81.1 cm³/mol. The lowest BCUT2D eigenvalue weighted by Crippen LogP contribution is -2.11. The number of benzene rings is 2. The third kappa shape index (κ3) is 3.17. The van der Waals surface area contributed by atoms with Crippen molar-refractivity contribution < 1.29 is 10.2 Å². The standard InChI is InChI=1S/C16H20N2O2/c17-10-16(20)13-3-1-2-12(8-13)15-9-14(18)5-4-11(15)6-7-19/h1-5,8-9,16,19-20H,6-7,10,17-18H2/t16-/m0/s1. The van der Waals surface area contributed by atoms with Crippen LogP contribution in [-0.2, 0) is 6.42 Å². The summed E-state index contributed by atoms with van der Waals surface area (Å²) in [5, 5.41) is 19.0. The van der Waals surface area contributed by atoms with Gasteiger partial charge in [0.15, 0.2) is 0 Å². The van der Waals surface area contributed by atoms with Crippen molar-refractivity contribution in [3.8, 4) is 11.1 Å². The normalized spacial score (nSPS) is 12.3. The quantitative estimate of drug-likeness (QED) is 0.620. The first kappa shape index (κ1) is 14.5. The second kappa shape index (κ2) is 6.52. The number of hydrogen-bond acceptors (Lipinski definition) is 4. The van der Waals surface area contributed by atoms with Crippen LogP contribution in [-0.4, -0.2) is 23.4 Å². The maximum absolute atomic E-state index is 9.84. The monoisotopic (exact) mass is 272 g/mol. The van der Waals surface area contributed by atoms with Crippen LogP contribution >= 0.6 is 0 Å². The van der Waals surface area contributed by atoms with Gasteiger partial charge in [-0.2, -0.15) is 0 Å². The minimum atomic E-state index is -0.669. The molecule has 0 bridgehead atoms. The van der Waals surface area contributed by atoms with E-state index in [2.05, 4.69) is 0 Å². The van der Waals surface area contributed by atoms with Crippen LogP contribution in [0.5, 0.6) is 0 Å². The fraction of sp³-hybridized carbons (Fsp3) is 0.250. The van der Waals surface area contributed by atoms with Crippen LogP contribution in [0.3, 0.4) is 0 Å². The number of aliphatic hydroxyl groups is 2. The van der Waals surface area contributed by atoms with E-state index in [9.17, 15) is 5.11 Å². The van der Waals surface area contributed by atoms with Gasteiger partial charge in [-0.15, -0.1) is 0 Å². The van der Waals surface area contributed by atoms with E-state index in [1.807, 2.05) is 42.5 Å². The Morgan fingerprint density at radius 1 is 1.10 bits per heavy atom. The van der Waals surface area contributed by atoms with Crippen LogP contribution in [0.1, 0.15) is 17.2 Å². The molecule has 0 unspecified atom stereocenters. The maximum Gasteiger partial charge on any atom is 0.0912 e. The molecule has 0 heterocycles. The van der Waals surface area contributed by atoms with Crippen LogP contribution < -0.4 is 11.5 Å². The molecule has 0 saturated heterocycles. The Kier molecular flexibility index (Phi) is 4.74. The lowest BCUT2D eigenvalue weighted by molar-refractivity contribution is 0.187. The van der Waals surface area contributed by atoms with E-state index in [0.29, 0.717) is 12.1 Å². The van der Waals surface area contributed by atoms with Crippen molar-refractivity contribution >= 4 is 5.69 Å². The lowest BCUT2D eigenvalue weighted by Gasteiger charge is -2.13. The first-order chi connectivity index (χ1) is 9.65. The van der Waals surface area contributed by atoms with Gasteiger partial charge in [0, 0.05) is 18.8 Å². The summed E-state index contributed by atoms with van der Waals surface area (Å²) in [5.74, 6) is 0. The molecule has 106 valence electrons. The summed E-state index contributed by atoms with van der Waals surface area (Å²) in [7, 11) is 0. The summed E-state index contributed by atoms with van der Waals surface area (Å²) >= 11 is 0. The van der Waals surface area contributed by atoms with Gasteiger partial charge >= 0.3 is 0 Å². The molecule has 4 heteroatoms. The molecule has 0 fully saturated rings. The molecule has 6 N–H and O–H groups in total. The van der Waals surface area contributed by atoms with Crippen LogP contribution in [0, 0.1) is 0 Å². The zero-order valence-corrected chi connectivity index (χ0v) is 11.3. The predicted octanol–water partition coefficient (Wildman–Crippen LogP) is 1.46. The molecule has 2 rings (SSSR count). The molecule has 0 saturated carbocycles. The largest absolute Gasteiger partial charge is 0.399 e. The van der Waals surface area contributed by atoms with E-state index in [1.165, 1.54) is 0 Å². The first-order valence-corrected chi connectivity index (χ1v) is 6.63. The highest BCUT2D eigenvalue weighted by atomic mass is 16.3. The number of anilines is 1. The summed E-state index contributed by atoms with van der Waals surface area (Å²) in [6.07, 6.45) is -0.100. The number of rotatable bonds is 5. The Morgan fingerprint density at radius 3 is 2.60 bits per heavy atom. The van der Waals surface area contributed by atoms with Gasteiger partial charge in [-0.05, 0) is 46.9 Å². The summed E-state index contributed by atoms with van der Waals surface area (Å²) in [5.41, 5.74) is 15.8. The van der Waals surface area contributed by atoms with Crippen molar-refractivity contribution in [1.82, 2.24) is 0 Å². The molecule has 0 aromatic heterocycles. The number of nitrogens with two attached hydrogens (primary N) is 2. The summed E-state index contributed by atoms with van der Waals surface area (Å²) < 4.78 is 0. The van der Waals surface area contributed by atoms with Crippen molar-refractivity contribution in [3.05, 3.63) is 53.6 Å². The average molecular weight is 272 g/mol. The van der Waals surface area contributed by atoms with E-state index in [1.54, 1.807) is 0 Å². The zero-order chi connectivity index (χ0) is 14.5. The lowest BCUT2D eigenvalue weighted by atomic mass is 9.95. The smallest absolute Gasteiger partial charge is 0.0912 e. The molecule has 0 aliphatic rings. The fourth-order valence-electron chi connectivity index (χ4n) is 2.25. The van der Waals surface area contributed by atoms with Crippen LogP contribution in [0.2, 0.25) is 0 Å². The van der Waals surface area contributed by atoms with Crippen LogP contribution in [0.25, 0.3) is 11.1 Å². The molecule has 0 aliphatic carbocycles. The molecule has 0 radical (unpaired) electrons. The van der Waals surface area contributed by atoms with Gasteiger partial charge in [0.25, 0.3) is 0 Å². The Balaban J connectivity index is 2.47. The number of nitrogen functional groups attached to an aromatic ring is 1. The van der Waals surface area contributed by atoms with E-state index >= 15 is 0 Å². The summed E-state index contributed by atoms with van der Waals surface area (Å²) in [4.78, 5) is 0. The molecule has 0 spiro atoms. The topological polar surface area (TPSA) is 92.5 Å². The minimum absolute atomic E-state index is 0.0854. The first-order valence-electron chi connectivity index (χ1n) is 6.63. The van der Waals surface area contributed by atoms with E-state index in [4.69, 9.17) is 16.6 Å². The molecular formula is C16H20N2O2. The Hall–Kier alpha value is -1.88. The Bertz CT molecular complexity index is 584. The highest BCUT2D eigenvalue weighted by molar-refractivity contribution is 5.71. The van der Waals surface area contributed by atoms with Gasteiger partial charge in [0.2, 0.25) is 0 Å². The van der Waals surface area contributed by atoms with Gasteiger partial charge in [-0.25, -0.2) is 0 Å². The second-order valence-corrected chi connectivity index (χ2v) is 4.77. The van der Waals surface area contributed by atoms with Crippen molar-refractivity contribution in [2.24, 2.45) is 5.73 Å². The summed E-state index contributed by atoms with van der Waals surface area (Å²) in [6, 6.07) is 13.2. The van der Waals surface area contributed by atoms with Crippen LogP contribution in [0.15, 0.2) is 42.5 Å². The molecule has 2 aromatic rings. The van der Waals surface area contributed by atoms with Crippen molar-refractivity contribution in [3.63, 3.8) is 0 Å². The van der Waals surface area contributed by atoms with E-state index in [-0.39, 0.29) is 13.2 Å². The highest BCUT2D eigenvalue weighted by Crippen LogP contribution is 2.28. The van der Waals surface area contributed by atoms with Gasteiger partial charge in [-0.1, -0.05) is 24.3 Å². The second-order valence-electron chi connectivity index (χ2n) is 4.77. The molecule has 2 aromatic carbocycles. The average Bonchev–Trinajstić information content (AvgIpc) is 2.48. The number of aliphatic hydroxyl groups excluding tert-OH is 2. The molecular weight excluding hydrogens is 252 g/mol. The number of hydrogen-bond donors (Lipinski definition) is 4. The third-order valence-corrected chi connectivity index (χ3v) is 3.32.